The van der Waals surface area contributed by atoms with Crippen LogP contribution in [0.3, 0.4) is 0 Å². The van der Waals surface area contributed by atoms with Gasteiger partial charge in [-0.15, -0.1) is 0 Å². The van der Waals surface area contributed by atoms with E-state index in [4.69, 9.17) is 17.0 Å². The Hall–Kier alpha value is -1.83. The van der Waals surface area contributed by atoms with Crippen LogP contribution in [-0.4, -0.2) is 22.4 Å². The first kappa shape index (κ1) is 18.9. The van der Waals surface area contributed by atoms with Crippen LogP contribution in [0, 0.1) is 13.8 Å². The number of benzene rings is 2. The fourth-order valence-electron chi connectivity index (χ4n) is 2.53. The van der Waals surface area contributed by atoms with E-state index in [1.165, 1.54) is 24.9 Å². The molecule has 2 aromatic carbocycles. The maximum absolute atomic E-state index is 12.9. The zero-order valence-corrected chi connectivity index (χ0v) is 17.6. The second-order valence-corrected chi connectivity index (χ2v) is 8.36. The summed E-state index contributed by atoms with van der Waals surface area (Å²) in [5, 5.41) is 9.83. The van der Waals surface area contributed by atoms with Gasteiger partial charge in [0.15, 0.2) is 15.8 Å². The summed E-state index contributed by atoms with van der Waals surface area (Å²) in [5.74, 6) is 0.200. The number of amides is 1. The number of thiocarbonyl (C=S) groups is 1. The Morgan fingerprint density at radius 2 is 1.96 bits per heavy atom. The third kappa shape index (κ3) is 3.51. The molecule has 1 saturated heterocycles. The number of aryl methyl sites for hydroxylation is 2. The number of nitrogens with zero attached hydrogens (tertiary/aromatic N) is 1. The van der Waals surface area contributed by atoms with Crippen LogP contribution in [0.5, 0.6) is 11.5 Å². The van der Waals surface area contributed by atoms with E-state index in [-0.39, 0.29) is 11.7 Å². The number of phenolic OH excluding ortho intramolecular Hbond substituents is 1. The van der Waals surface area contributed by atoms with Crippen LogP contribution in [0.1, 0.15) is 16.7 Å². The van der Waals surface area contributed by atoms with Gasteiger partial charge in [-0.05, 0) is 60.9 Å². The number of carbonyl (C=O) groups excluding carboxylic acids is 1. The number of thioether (sulfide) groups is 1. The minimum absolute atomic E-state index is 0.0270. The fourth-order valence-corrected chi connectivity index (χ4v) is 4.26. The van der Waals surface area contributed by atoms with Crippen molar-refractivity contribution in [2.24, 2.45) is 0 Å². The first-order valence-electron chi connectivity index (χ1n) is 7.73. The minimum Gasteiger partial charge on any atom is -0.504 e. The summed E-state index contributed by atoms with van der Waals surface area (Å²) in [7, 11) is 1.48. The Morgan fingerprint density at radius 3 is 2.62 bits per heavy atom. The molecule has 0 aliphatic carbocycles. The molecule has 3 rings (SSSR count). The molecule has 2 aromatic rings. The van der Waals surface area contributed by atoms with Crippen LogP contribution in [-0.2, 0) is 4.79 Å². The molecule has 26 heavy (non-hydrogen) atoms. The summed E-state index contributed by atoms with van der Waals surface area (Å²) in [6.07, 6.45) is 1.74. The molecule has 1 aliphatic heterocycles. The molecule has 4 nitrogen and oxygen atoms in total. The number of aromatic hydroxyl groups is 1. The molecular formula is C19H16BrNO3S2. The lowest BCUT2D eigenvalue weighted by atomic mass is 10.1. The first-order chi connectivity index (χ1) is 12.3. The van der Waals surface area contributed by atoms with E-state index in [1.54, 1.807) is 17.0 Å². The maximum atomic E-state index is 12.9. The number of ether oxygens (including phenoxy) is 1. The third-order valence-electron chi connectivity index (χ3n) is 4.13. The zero-order chi connectivity index (χ0) is 19.0. The lowest BCUT2D eigenvalue weighted by molar-refractivity contribution is -0.113. The van der Waals surface area contributed by atoms with Gasteiger partial charge in [0.1, 0.15) is 0 Å². The number of carbonyl (C=O) groups is 1. The van der Waals surface area contributed by atoms with E-state index in [0.717, 1.165) is 22.4 Å². The topological polar surface area (TPSA) is 49.8 Å². The Bertz CT molecular complexity index is 956. The Labute approximate surface area is 170 Å². The molecule has 0 atom stereocenters. The van der Waals surface area contributed by atoms with Crippen LogP contribution in [0.25, 0.3) is 6.08 Å². The van der Waals surface area contributed by atoms with Gasteiger partial charge in [0.2, 0.25) is 0 Å². The summed E-state index contributed by atoms with van der Waals surface area (Å²) in [6.45, 7) is 4.03. The fraction of sp³-hybridized carbons (Fsp3) is 0.158. The van der Waals surface area contributed by atoms with Crippen LogP contribution >= 0.6 is 39.9 Å². The van der Waals surface area contributed by atoms with Gasteiger partial charge in [0.25, 0.3) is 5.91 Å². The van der Waals surface area contributed by atoms with Crippen LogP contribution < -0.4 is 9.64 Å². The van der Waals surface area contributed by atoms with Gasteiger partial charge in [0, 0.05) is 4.47 Å². The van der Waals surface area contributed by atoms with Gasteiger partial charge >= 0.3 is 0 Å². The second kappa shape index (κ2) is 7.42. The number of rotatable bonds is 3. The van der Waals surface area contributed by atoms with E-state index >= 15 is 0 Å². The molecule has 1 amide bonds. The van der Waals surface area contributed by atoms with Crippen molar-refractivity contribution in [1.82, 2.24) is 0 Å². The molecule has 1 aliphatic rings. The van der Waals surface area contributed by atoms with Crippen molar-refractivity contribution >= 4 is 61.9 Å². The third-order valence-corrected chi connectivity index (χ3v) is 6.12. The van der Waals surface area contributed by atoms with E-state index in [1.807, 2.05) is 32.0 Å². The van der Waals surface area contributed by atoms with Gasteiger partial charge in [-0.3, -0.25) is 9.69 Å². The highest BCUT2D eigenvalue weighted by molar-refractivity contribution is 9.10. The van der Waals surface area contributed by atoms with Crippen molar-refractivity contribution in [2.45, 2.75) is 13.8 Å². The number of hydrogen-bond donors (Lipinski definition) is 1. The van der Waals surface area contributed by atoms with Crippen molar-refractivity contribution in [2.75, 3.05) is 12.0 Å². The van der Waals surface area contributed by atoms with Crippen molar-refractivity contribution in [3.8, 4) is 11.5 Å². The maximum Gasteiger partial charge on any atom is 0.270 e. The monoisotopic (exact) mass is 449 g/mol. The number of halogens is 1. The Morgan fingerprint density at radius 1 is 1.23 bits per heavy atom. The predicted octanol–water partition coefficient (Wildman–Crippen LogP) is 5.19. The summed E-state index contributed by atoms with van der Waals surface area (Å²) in [4.78, 5) is 15.0. The highest BCUT2D eigenvalue weighted by Gasteiger charge is 2.33. The summed E-state index contributed by atoms with van der Waals surface area (Å²) in [5.41, 5.74) is 3.75. The summed E-state index contributed by atoms with van der Waals surface area (Å²) < 4.78 is 6.29. The molecule has 1 N–H and O–H groups in total. The van der Waals surface area contributed by atoms with Gasteiger partial charge < -0.3 is 9.84 Å². The molecule has 1 fully saturated rings. The van der Waals surface area contributed by atoms with Crippen molar-refractivity contribution in [3.63, 3.8) is 0 Å². The van der Waals surface area contributed by atoms with Gasteiger partial charge in [-0.25, -0.2) is 0 Å². The molecule has 1 heterocycles. The molecule has 0 spiro atoms. The Balaban J connectivity index is 1.98. The molecular weight excluding hydrogens is 434 g/mol. The number of anilines is 1. The summed E-state index contributed by atoms with van der Waals surface area (Å²) >= 11 is 10.1. The molecule has 0 aromatic heterocycles. The minimum atomic E-state index is -0.165. The molecule has 0 bridgehead atoms. The van der Waals surface area contributed by atoms with Crippen molar-refractivity contribution in [1.29, 1.82) is 0 Å². The number of phenols is 1. The van der Waals surface area contributed by atoms with Crippen LogP contribution in [0.2, 0.25) is 0 Å². The first-order valence-corrected chi connectivity index (χ1v) is 9.75. The quantitative estimate of drug-likeness (QED) is 0.516. The van der Waals surface area contributed by atoms with Gasteiger partial charge in [-0.1, -0.05) is 46.0 Å². The van der Waals surface area contributed by atoms with Crippen LogP contribution in [0.4, 0.5) is 5.69 Å². The van der Waals surface area contributed by atoms with Crippen LogP contribution in [0.15, 0.2) is 39.7 Å². The molecule has 134 valence electrons. The average Bonchev–Trinajstić information content (AvgIpc) is 2.86. The smallest absolute Gasteiger partial charge is 0.270 e. The lowest BCUT2D eigenvalue weighted by Gasteiger charge is -2.16. The van der Waals surface area contributed by atoms with Gasteiger partial charge in [0.05, 0.1) is 17.7 Å². The highest BCUT2D eigenvalue weighted by Crippen LogP contribution is 2.39. The zero-order valence-electron chi connectivity index (χ0n) is 14.4. The van der Waals surface area contributed by atoms with Crippen molar-refractivity contribution in [3.05, 3.63) is 56.4 Å². The largest absolute Gasteiger partial charge is 0.504 e. The summed E-state index contributed by atoms with van der Waals surface area (Å²) in [6, 6.07) is 9.04. The van der Waals surface area contributed by atoms with E-state index in [0.29, 0.717) is 19.4 Å². The van der Waals surface area contributed by atoms with Gasteiger partial charge in [-0.2, -0.15) is 0 Å². The second-order valence-electron chi connectivity index (χ2n) is 5.83. The Kier molecular flexibility index (Phi) is 5.41. The molecule has 0 saturated carbocycles. The molecule has 7 heteroatoms. The van der Waals surface area contributed by atoms with Crippen molar-refractivity contribution < 1.29 is 14.6 Å². The number of hydrogen-bond acceptors (Lipinski definition) is 5. The number of methoxy groups -OCH3 is 1. The predicted molar refractivity (Wildman–Crippen MR) is 114 cm³/mol. The normalized spacial score (nSPS) is 15.8. The lowest BCUT2D eigenvalue weighted by Crippen LogP contribution is -2.27. The van der Waals surface area contributed by atoms with E-state index < -0.39 is 0 Å². The average molecular weight is 450 g/mol. The molecule has 0 unspecified atom stereocenters. The molecule has 0 radical (unpaired) electrons. The van der Waals surface area contributed by atoms with E-state index in [2.05, 4.69) is 15.9 Å². The SMILES string of the molecule is COc1cc(/C=C2/SC(=S)N(c3ccc(C)c(C)c3)C2=O)c(Br)cc1O. The highest BCUT2D eigenvalue weighted by atomic mass is 79.9. The standard InChI is InChI=1S/C19H16BrNO3S2/c1-10-4-5-13(6-11(10)2)21-18(23)17(26-19(21)25)8-12-7-16(24-3)15(22)9-14(12)20/h4-9,22H,1-3H3/b17-8+. The van der Waals surface area contributed by atoms with E-state index in [9.17, 15) is 9.90 Å².